The van der Waals surface area contributed by atoms with E-state index in [4.69, 9.17) is 11.6 Å². The van der Waals surface area contributed by atoms with Gasteiger partial charge in [0.25, 0.3) is 0 Å². The zero-order chi connectivity index (χ0) is 16.2. The molecule has 1 aliphatic rings. The molecule has 1 fully saturated rings. The number of fused-ring (bicyclic) bond motifs is 1. The van der Waals surface area contributed by atoms with E-state index in [0.29, 0.717) is 11.6 Å². The van der Waals surface area contributed by atoms with E-state index in [1.807, 2.05) is 24.4 Å². The highest BCUT2D eigenvalue weighted by atomic mass is 35.5. The molecule has 3 rings (SSSR count). The SMILES string of the molecule is O=C(NCCc1c[nH]c2ccc(Cl)cc12)NC1CCCCC1O. The van der Waals surface area contributed by atoms with Crippen molar-refractivity contribution in [3.63, 3.8) is 0 Å². The van der Waals surface area contributed by atoms with Crippen molar-refractivity contribution in [3.8, 4) is 0 Å². The van der Waals surface area contributed by atoms with Crippen molar-refractivity contribution in [2.75, 3.05) is 6.54 Å². The van der Waals surface area contributed by atoms with Crippen LogP contribution >= 0.6 is 11.6 Å². The Labute approximate surface area is 140 Å². The average Bonchev–Trinajstić information content (AvgIpc) is 2.92. The summed E-state index contributed by atoms with van der Waals surface area (Å²) in [6.07, 6.45) is 5.94. The molecule has 2 amide bonds. The number of urea groups is 1. The molecule has 124 valence electrons. The van der Waals surface area contributed by atoms with Crippen molar-refractivity contribution >= 4 is 28.5 Å². The number of nitrogens with one attached hydrogen (secondary N) is 3. The number of hydrogen-bond donors (Lipinski definition) is 4. The van der Waals surface area contributed by atoms with Crippen molar-refractivity contribution < 1.29 is 9.90 Å². The maximum atomic E-state index is 11.9. The lowest BCUT2D eigenvalue weighted by Gasteiger charge is -2.28. The van der Waals surface area contributed by atoms with E-state index in [0.717, 1.165) is 48.6 Å². The minimum Gasteiger partial charge on any atom is -0.391 e. The monoisotopic (exact) mass is 335 g/mol. The van der Waals surface area contributed by atoms with Crippen LogP contribution < -0.4 is 10.6 Å². The molecule has 0 saturated heterocycles. The molecule has 0 aliphatic heterocycles. The standard InChI is InChI=1S/C17H22ClN3O2/c18-12-5-6-14-13(9-12)11(10-20-14)7-8-19-17(23)21-15-3-1-2-4-16(15)22/h5-6,9-10,15-16,20,22H,1-4,7-8H2,(H2,19,21,23). The molecule has 1 aliphatic carbocycles. The second-order valence-electron chi connectivity index (χ2n) is 6.11. The van der Waals surface area contributed by atoms with Crippen LogP contribution in [0.1, 0.15) is 31.2 Å². The molecule has 23 heavy (non-hydrogen) atoms. The number of halogens is 1. The van der Waals surface area contributed by atoms with Gasteiger partial charge in [-0.25, -0.2) is 4.79 Å². The summed E-state index contributed by atoms with van der Waals surface area (Å²) in [6, 6.07) is 5.39. The number of aliphatic hydroxyl groups is 1. The first kappa shape index (κ1) is 16.1. The summed E-state index contributed by atoms with van der Waals surface area (Å²) in [5.74, 6) is 0. The molecule has 2 unspecified atom stereocenters. The molecule has 4 N–H and O–H groups in total. The van der Waals surface area contributed by atoms with Crippen LogP contribution in [0.5, 0.6) is 0 Å². The molecule has 1 saturated carbocycles. The Bertz CT molecular complexity index is 686. The Morgan fingerprint density at radius 2 is 2.17 bits per heavy atom. The molecule has 1 aromatic carbocycles. The number of amides is 2. The maximum Gasteiger partial charge on any atom is 0.315 e. The van der Waals surface area contributed by atoms with Gasteiger partial charge in [0.2, 0.25) is 0 Å². The minimum atomic E-state index is -0.426. The molecule has 0 spiro atoms. The average molecular weight is 336 g/mol. The lowest BCUT2D eigenvalue weighted by Crippen LogP contribution is -2.49. The number of carbonyl (C=O) groups excluding carboxylic acids is 1. The summed E-state index contributed by atoms with van der Waals surface area (Å²) < 4.78 is 0. The number of hydrogen-bond acceptors (Lipinski definition) is 2. The lowest BCUT2D eigenvalue weighted by atomic mass is 9.93. The van der Waals surface area contributed by atoms with Gasteiger partial charge < -0.3 is 20.7 Å². The van der Waals surface area contributed by atoms with Crippen molar-refractivity contribution in [3.05, 3.63) is 35.0 Å². The number of rotatable bonds is 4. The molecule has 0 radical (unpaired) electrons. The first-order chi connectivity index (χ1) is 11.1. The summed E-state index contributed by atoms with van der Waals surface area (Å²) in [5.41, 5.74) is 2.17. The molecule has 2 aromatic rings. The quantitative estimate of drug-likeness (QED) is 0.693. The molecule has 1 heterocycles. The van der Waals surface area contributed by atoms with Gasteiger partial charge >= 0.3 is 6.03 Å². The minimum absolute atomic E-state index is 0.129. The van der Waals surface area contributed by atoms with Crippen molar-refractivity contribution in [2.24, 2.45) is 0 Å². The van der Waals surface area contributed by atoms with Gasteiger partial charge in [-0.05, 0) is 43.0 Å². The normalized spacial score (nSPS) is 21.3. The zero-order valence-corrected chi connectivity index (χ0v) is 13.7. The fraction of sp³-hybridized carbons (Fsp3) is 0.471. The molecular weight excluding hydrogens is 314 g/mol. The summed E-state index contributed by atoms with van der Waals surface area (Å²) in [4.78, 5) is 15.1. The van der Waals surface area contributed by atoms with Gasteiger partial charge in [-0.15, -0.1) is 0 Å². The summed E-state index contributed by atoms with van der Waals surface area (Å²) in [5, 5.41) is 17.4. The topological polar surface area (TPSA) is 77.2 Å². The van der Waals surface area contributed by atoms with Gasteiger partial charge in [0.15, 0.2) is 0 Å². The van der Waals surface area contributed by atoms with Gasteiger partial charge in [0.1, 0.15) is 0 Å². The Kier molecular flexibility index (Phi) is 5.08. The molecule has 5 nitrogen and oxygen atoms in total. The van der Waals surface area contributed by atoms with Crippen LogP contribution in [0.2, 0.25) is 5.02 Å². The Hall–Kier alpha value is -1.72. The van der Waals surface area contributed by atoms with Crippen LogP contribution in [-0.4, -0.2) is 34.8 Å². The third-order valence-electron chi connectivity index (χ3n) is 4.46. The number of benzene rings is 1. The Morgan fingerprint density at radius 1 is 1.35 bits per heavy atom. The van der Waals surface area contributed by atoms with Crippen LogP contribution in [0.4, 0.5) is 4.79 Å². The number of H-pyrrole nitrogens is 1. The van der Waals surface area contributed by atoms with E-state index in [1.165, 1.54) is 0 Å². The predicted octanol–water partition coefficient (Wildman–Crippen LogP) is 2.97. The van der Waals surface area contributed by atoms with Crippen LogP contribution in [0.3, 0.4) is 0 Å². The number of aliphatic hydroxyl groups excluding tert-OH is 1. The number of aromatic amines is 1. The number of aromatic nitrogens is 1. The third kappa shape index (κ3) is 3.98. The third-order valence-corrected chi connectivity index (χ3v) is 4.69. The second kappa shape index (κ2) is 7.23. The summed E-state index contributed by atoms with van der Waals surface area (Å²) in [7, 11) is 0. The molecule has 2 atom stereocenters. The van der Waals surface area contributed by atoms with E-state index in [2.05, 4.69) is 15.6 Å². The fourth-order valence-corrected chi connectivity index (χ4v) is 3.34. The van der Waals surface area contributed by atoms with E-state index in [1.54, 1.807) is 0 Å². The fourth-order valence-electron chi connectivity index (χ4n) is 3.17. The molecule has 1 aromatic heterocycles. The van der Waals surface area contributed by atoms with Crippen molar-refractivity contribution in [1.29, 1.82) is 0 Å². The first-order valence-electron chi connectivity index (χ1n) is 8.11. The highest BCUT2D eigenvalue weighted by Gasteiger charge is 2.24. The van der Waals surface area contributed by atoms with Crippen LogP contribution in [0, 0.1) is 0 Å². The predicted molar refractivity (Wildman–Crippen MR) is 91.8 cm³/mol. The van der Waals surface area contributed by atoms with Gasteiger partial charge in [-0.3, -0.25) is 0 Å². The van der Waals surface area contributed by atoms with E-state index in [9.17, 15) is 9.90 Å². The van der Waals surface area contributed by atoms with Crippen molar-refractivity contribution in [2.45, 2.75) is 44.2 Å². The van der Waals surface area contributed by atoms with Gasteiger partial charge in [-0.1, -0.05) is 24.4 Å². The van der Waals surface area contributed by atoms with E-state index < -0.39 is 6.10 Å². The van der Waals surface area contributed by atoms with E-state index >= 15 is 0 Å². The van der Waals surface area contributed by atoms with Crippen LogP contribution in [0.15, 0.2) is 24.4 Å². The zero-order valence-electron chi connectivity index (χ0n) is 12.9. The van der Waals surface area contributed by atoms with E-state index in [-0.39, 0.29) is 12.1 Å². The molecule has 0 bridgehead atoms. The van der Waals surface area contributed by atoms with Gasteiger partial charge in [0, 0.05) is 28.7 Å². The molecule has 6 heteroatoms. The Morgan fingerprint density at radius 3 is 3.00 bits per heavy atom. The Balaban J connectivity index is 1.50. The largest absolute Gasteiger partial charge is 0.391 e. The van der Waals surface area contributed by atoms with Gasteiger partial charge in [-0.2, -0.15) is 0 Å². The highest BCUT2D eigenvalue weighted by Crippen LogP contribution is 2.22. The maximum absolute atomic E-state index is 11.9. The summed E-state index contributed by atoms with van der Waals surface area (Å²) >= 11 is 6.04. The molecular formula is C17H22ClN3O2. The highest BCUT2D eigenvalue weighted by molar-refractivity contribution is 6.31. The summed E-state index contributed by atoms with van der Waals surface area (Å²) in [6.45, 7) is 0.536. The van der Waals surface area contributed by atoms with Crippen LogP contribution in [-0.2, 0) is 6.42 Å². The first-order valence-corrected chi connectivity index (χ1v) is 8.49. The number of carbonyl (C=O) groups is 1. The second-order valence-corrected chi connectivity index (χ2v) is 6.55. The van der Waals surface area contributed by atoms with Gasteiger partial charge in [0.05, 0.1) is 12.1 Å². The lowest BCUT2D eigenvalue weighted by molar-refractivity contribution is 0.0943. The van der Waals surface area contributed by atoms with Crippen LogP contribution in [0.25, 0.3) is 10.9 Å². The van der Waals surface area contributed by atoms with Crippen molar-refractivity contribution in [1.82, 2.24) is 15.6 Å². The smallest absolute Gasteiger partial charge is 0.315 e.